The second-order valence-corrected chi connectivity index (χ2v) is 8.61. The van der Waals surface area contributed by atoms with Crippen LogP contribution in [0.2, 0.25) is 0 Å². The molecule has 0 radical (unpaired) electrons. The highest BCUT2D eigenvalue weighted by molar-refractivity contribution is 5.94. The summed E-state index contributed by atoms with van der Waals surface area (Å²) in [7, 11) is 0. The lowest BCUT2D eigenvalue weighted by molar-refractivity contribution is 0.0955. The van der Waals surface area contributed by atoms with Crippen LogP contribution in [0.15, 0.2) is 96.6 Å². The number of benzene rings is 3. The Kier molecular flexibility index (Phi) is 8.81. The summed E-state index contributed by atoms with van der Waals surface area (Å²) in [6, 6.07) is 25.9. The van der Waals surface area contributed by atoms with Gasteiger partial charge in [-0.05, 0) is 41.0 Å². The van der Waals surface area contributed by atoms with Crippen LogP contribution in [-0.4, -0.2) is 54.7 Å². The Hall–Kier alpha value is -3.74. The van der Waals surface area contributed by atoms with E-state index < -0.39 is 0 Å². The van der Waals surface area contributed by atoms with Gasteiger partial charge < -0.3 is 4.74 Å². The van der Waals surface area contributed by atoms with Gasteiger partial charge in [0.15, 0.2) is 0 Å². The first kappa shape index (κ1) is 24.4. The topological polar surface area (TPSA) is 57.2 Å². The third-order valence-electron chi connectivity index (χ3n) is 5.94. The van der Waals surface area contributed by atoms with Crippen LogP contribution in [0.3, 0.4) is 0 Å². The summed E-state index contributed by atoms with van der Waals surface area (Å²) in [5.74, 6) is 0.495. The van der Waals surface area contributed by atoms with Gasteiger partial charge in [-0.15, -0.1) is 0 Å². The van der Waals surface area contributed by atoms with E-state index in [1.54, 1.807) is 12.3 Å². The Labute approximate surface area is 207 Å². The first-order valence-corrected chi connectivity index (χ1v) is 11.9. The van der Waals surface area contributed by atoms with Crippen molar-refractivity contribution in [1.29, 1.82) is 0 Å². The number of hydrogen-bond donors (Lipinski definition) is 1. The van der Waals surface area contributed by atoms with Gasteiger partial charge in [-0.1, -0.05) is 67.3 Å². The van der Waals surface area contributed by atoms with Crippen LogP contribution in [0.4, 0.5) is 0 Å². The van der Waals surface area contributed by atoms with E-state index in [0.717, 1.165) is 50.6 Å². The lowest BCUT2D eigenvalue weighted by Gasteiger charge is -2.34. The zero-order chi connectivity index (χ0) is 24.3. The first-order chi connectivity index (χ1) is 17.2. The Bertz CT molecular complexity index is 1120. The zero-order valence-electron chi connectivity index (χ0n) is 20.0. The molecule has 3 aromatic rings. The van der Waals surface area contributed by atoms with Gasteiger partial charge in [0.2, 0.25) is 0 Å². The molecule has 180 valence electrons. The fraction of sp³-hybridized carbons (Fsp3) is 0.241. The Balaban J connectivity index is 1.22. The molecule has 0 spiro atoms. The van der Waals surface area contributed by atoms with Crippen LogP contribution < -0.4 is 10.2 Å². The summed E-state index contributed by atoms with van der Waals surface area (Å²) in [6.07, 6.45) is 3.30. The highest BCUT2D eigenvalue weighted by Gasteiger charge is 2.17. The molecule has 1 amide bonds. The molecule has 0 aliphatic carbocycles. The predicted molar refractivity (Wildman–Crippen MR) is 141 cm³/mol. The second kappa shape index (κ2) is 12.6. The lowest BCUT2D eigenvalue weighted by atomic mass is 10.1. The van der Waals surface area contributed by atoms with Gasteiger partial charge in [0.1, 0.15) is 12.4 Å². The van der Waals surface area contributed by atoms with Crippen LogP contribution in [0, 0.1) is 0 Å². The Morgan fingerprint density at radius 3 is 2.20 bits per heavy atom. The van der Waals surface area contributed by atoms with Crippen LogP contribution in [0.1, 0.15) is 27.0 Å². The third-order valence-corrected chi connectivity index (χ3v) is 5.94. The summed E-state index contributed by atoms with van der Waals surface area (Å²) in [6.45, 7) is 10.2. The van der Waals surface area contributed by atoms with E-state index in [9.17, 15) is 4.79 Å². The van der Waals surface area contributed by atoms with Crippen molar-refractivity contribution >= 4 is 12.1 Å². The quantitative estimate of drug-likeness (QED) is 0.273. The number of rotatable bonds is 10. The van der Waals surface area contributed by atoms with Crippen molar-refractivity contribution in [2.75, 3.05) is 32.8 Å². The van der Waals surface area contributed by atoms with Crippen molar-refractivity contribution in [3.63, 3.8) is 0 Å². The molecule has 1 heterocycles. The molecule has 0 unspecified atom stereocenters. The van der Waals surface area contributed by atoms with Crippen molar-refractivity contribution in [2.24, 2.45) is 5.10 Å². The largest absolute Gasteiger partial charge is 0.490 e. The van der Waals surface area contributed by atoms with E-state index in [1.165, 1.54) is 11.1 Å². The highest BCUT2D eigenvalue weighted by atomic mass is 16.5. The minimum atomic E-state index is -0.235. The standard InChI is InChI=1S/C29H32N4O2/c1-2-19-35-28-10-6-9-26(20-28)21-30-31-29(34)27-13-11-25(12-14-27)23-33-17-15-32(16-18-33)22-24-7-4-3-5-8-24/h2-14,20-21H,1,15-19,22-23H2,(H,31,34)/b30-21+. The molecule has 6 heteroatoms. The van der Waals surface area contributed by atoms with Gasteiger partial charge in [0.05, 0.1) is 6.21 Å². The molecule has 3 aromatic carbocycles. The molecule has 0 bridgehead atoms. The van der Waals surface area contributed by atoms with E-state index in [1.807, 2.05) is 48.5 Å². The minimum Gasteiger partial charge on any atom is -0.490 e. The maximum Gasteiger partial charge on any atom is 0.271 e. The Morgan fingerprint density at radius 2 is 1.54 bits per heavy atom. The molecule has 1 saturated heterocycles. The molecule has 1 fully saturated rings. The maximum atomic E-state index is 12.5. The molecular weight excluding hydrogens is 436 g/mol. The average molecular weight is 469 g/mol. The number of ether oxygens (including phenoxy) is 1. The monoisotopic (exact) mass is 468 g/mol. The zero-order valence-corrected chi connectivity index (χ0v) is 20.0. The normalized spacial score (nSPS) is 14.6. The van der Waals surface area contributed by atoms with Gasteiger partial charge in [-0.3, -0.25) is 14.6 Å². The number of piperazine rings is 1. The van der Waals surface area contributed by atoms with Crippen LogP contribution in [-0.2, 0) is 13.1 Å². The predicted octanol–water partition coefficient (Wildman–Crippen LogP) is 4.33. The molecule has 0 saturated carbocycles. The Morgan fingerprint density at radius 1 is 0.886 bits per heavy atom. The number of nitrogens with one attached hydrogen (secondary N) is 1. The molecule has 0 aromatic heterocycles. The van der Waals surface area contributed by atoms with Gasteiger partial charge in [0, 0.05) is 44.8 Å². The number of hydrazone groups is 1. The van der Waals surface area contributed by atoms with Crippen LogP contribution >= 0.6 is 0 Å². The molecule has 1 N–H and O–H groups in total. The number of hydrogen-bond acceptors (Lipinski definition) is 5. The van der Waals surface area contributed by atoms with Crippen LogP contribution in [0.25, 0.3) is 0 Å². The summed E-state index contributed by atoms with van der Waals surface area (Å²) in [5, 5.41) is 4.08. The molecule has 1 aliphatic rings. The summed E-state index contributed by atoms with van der Waals surface area (Å²) in [5.41, 5.74) is 6.59. The maximum absolute atomic E-state index is 12.5. The van der Waals surface area contributed by atoms with Gasteiger partial charge in [-0.25, -0.2) is 5.43 Å². The highest BCUT2D eigenvalue weighted by Crippen LogP contribution is 2.13. The minimum absolute atomic E-state index is 0.235. The van der Waals surface area contributed by atoms with E-state index in [4.69, 9.17) is 4.74 Å². The molecule has 4 rings (SSSR count). The average Bonchev–Trinajstić information content (AvgIpc) is 2.90. The number of nitrogens with zero attached hydrogens (tertiary/aromatic N) is 3. The van der Waals surface area contributed by atoms with Crippen LogP contribution in [0.5, 0.6) is 5.75 Å². The summed E-state index contributed by atoms with van der Waals surface area (Å²) in [4.78, 5) is 17.4. The third kappa shape index (κ3) is 7.64. The number of amides is 1. The smallest absolute Gasteiger partial charge is 0.271 e. The van der Waals surface area contributed by atoms with Gasteiger partial charge in [-0.2, -0.15) is 5.10 Å². The fourth-order valence-corrected chi connectivity index (χ4v) is 4.04. The number of carbonyl (C=O) groups is 1. The van der Waals surface area contributed by atoms with Gasteiger partial charge >= 0.3 is 0 Å². The van der Waals surface area contributed by atoms with Crippen molar-refractivity contribution in [1.82, 2.24) is 15.2 Å². The van der Waals surface area contributed by atoms with Crippen molar-refractivity contribution in [3.05, 3.63) is 114 Å². The van der Waals surface area contributed by atoms with E-state index in [-0.39, 0.29) is 5.91 Å². The van der Waals surface area contributed by atoms with Crippen molar-refractivity contribution in [2.45, 2.75) is 13.1 Å². The van der Waals surface area contributed by atoms with E-state index in [0.29, 0.717) is 12.2 Å². The molecular formula is C29H32N4O2. The summed E-state index contributed by atoms with van der Waals surface area (Å²) >= 11 is 0. The van der Waals surface area contributed by atoms with Gasteiger partial charge in [0.25, 0.3) is 5.91 Å². The lowest BCUT2D eigenvalue weighted by Crippen LogP contribution is -2.45. The molecule has 6 nitrogen and oxygen atoms in total. The fourth-order valence-electron chi connectivity index (χ4n) is 4.04. The van der Waals surface area contributed by atoms with E-state index >= 15 is 0 Å². The van der Waals surface area contributed by atoms with Crippen molar-refractivity contribution in [3.8, 4) is 5.75 Å². The molecule has 1 aliphatic heterocycles. The molecule has 0 atom stereocenters. The molecule has 35 heavy (non-hydrogen) atoms. The summed E-state index contributed by atoms with van der Waals surface area (Å²) < 4.78 is 5.51. The second-order valence-electron chi connectivity index (χ2n) is 8.61. The SMILES string of the molecule is C=CCOc1cccc(/C=N/NC(=O)c2ccc(CN3CCN(Cc4ccccc4)CC3)cc2)c1. The van der Waals surface area contributed by atoms with E-state index in [2.05, 4.69) is 57.2 Å². The van der Waals surface area contributed by atoms with Crippen molar-refractivity contribution < 1.29 is 9.53 Å². The number of carbonyl (C=O) groups excluding carboxylic acids is 1. The first-order valence-electron chi connectivity index (χ1n) is 11.9.